The summed E-state index contributed by atoms with van der Waals surface area (Å²) in [4.78, 5) is 11.0. The monoisotopic (exact) mass is 240 g/mol. The van der Waals surface area contributed by atoms with Crippen molar-refractivity contribution < 1.29 is 14.6 Å². The third-order valence-electron chi connectivity index (χ3n) is 1.91. The Morgan fingerprint density at radius 1 is 1.50 bits per heavy atom. The van der Waals surface area contributed by atoms with E-state index >= 15 is 0 Å². The SMILES string of the molecule is CCOC(=O)/C=C/[C@@H](O)c1ccc(Cl)cc1. The summed E-state index contributed by atoms with van der Waals surface area (Å²) in [6.07, 6.45) is 1.76. The van der Waals surface area contributed by atoms with Crippen molar-refractivity contribution in [2.24, 2.45) is 0 Å². The van der Waals surface area contributed by atoms with Gasteiger partial charge in [-0.15, -0.1) is 0 Å². The molecule has 0 saturated heterocycles. The number of rotatable bonds is 4. The molecule has 0 aliphatic rings. The minimum atomic E-state index is -0.832. The Kier molecular flexibility index (Phi) is 5.02. The number of esters is 1. The molecule has 1 atom stereocenters. The van der Waals surface area contributed by atoms with E-state index < -0.39 is 12.1 Å². The molecular weight excluding hydrogens is 228 g/mol. The maximum absolute atomic E-state index is 11.0. The van der Waals surface area contributed by atoms with Gasteiger partial charge in [-0.25, -0.2) is 4.79 Å². The highest BCUT2D eigenvalue weighted by Crippen LogP contribution is 2.17. The average Bonchev–Trinajstić information content (AvgIpc) is 2.27. The summed E-state index contributed by atoms with van der Waals surface area (Å²) in [5.74, 6) is -0.462. The Bertz CT molecular complexity index is 370. The van der Waals surface area contributed by atoms with Crippen molar-refractivity contribution in [2.45, 2.75) is 13.0 Å². The molecule has 0 aromatic heterocycles. The number of ether oxygens (including phenoxy) is 1. The van der Waals surface area contributed by atoms with E-state index in [0.717, 1.165) is 0 Å². The van der Waals surface area contributed by atoms with Crippen LogP contribution in [-0.4, -0.2) is 17.7 Å². The van der Waals surface area contributed by atoms with Gasteiger partial charge in [-0.3, -0.25) is 0 Å². The summed E-state index contributed by atoms with van der Waals surface area (Å²) in [6.45, 7) is 2.04. The van der Waals surface area contributed by atoms with Crippen molar-refractivity contribution in [3.05, 3.63) is 47.0 Å². The van der Waals surface area contributed by atoms with Crippen LogP contribution in [0.25, 0.3) is 0 Å². The lowest BCUT2D eigenvalue weighted by Crippen LogP contribution is -2.00. The van der Waals surface area contributed by atoms with E-state index in [1.54, 1.807) is 31.2 Å². The second kappa shape index (κ2) is 6.30. The first-order chi connectivity index (χ1) is 7.63. The predicted molar refractivity (Wildman–Crippen MR) is 62.2 cm³/mol. The number of hydrogen-bond acceptors (Lipinski definition) is 3. The van der Waals surface area contributed by atoms with Gasteiger partial charge in [0, 0.05) is 11.1 Å². The van der Waals surface area contributed by atoms with Gasteiger partial charge in [0.15, 0.2) is 0 Å². The number of aliphatic hydroxyl groups is 1. The van der Waals surface area contributed by atoms with Crippen LogP contribution in [0.1, 0.15) is 18.6 Å². The molecular formula is C12H13ClO3. The summed E-state index contributed by atoms with van der Waals surface area (Å²) in [5.41, 5.74) is 0.671. The Morgan fingerprint density at radius 3 is 2.69 bits per heavy atom. The van der Waals surface area contributed by atoms with Gasteiger partial charge in [-0.1, -0.05) is 23.7 Å². The molecule has 0 aliphatic carbocycles. The maximum Gasteiger partial charge on any atom is 0.330 e. The van der Waals surface area contributed by atoms with Gasteiger partial charge in [0.05, 0.1) is 12.7 Å². The summed E-state index contributed by atoms with van der Waals surface area (Å²) >= 11 is 5.71. The molecule has 0 fully saturated rings. The maximum atomic E-state index is 11.0. The van der Waals surface area contributed by atoms with E-state index in [-0.39, 0.29) is 0 Å². The zero-order valence-electron chi connectivity index (χ0n) is 8.89. The largest absolute Gasteiger partial charge is 0.463 e. The number of carbonyl (C=O) groups excluding carboxylic acids is 1. The van der Waals surface area contributed by atoms with E-state index in [0.29, 0.717) is 17.2 Å². The molecule has 0 bridgehead atoms. The molecule has 0 amide bonds. The van der Waals surface area contributed by atoms with E-state index in [4.69, 9.17) is 11.6 Å². The fraction of sp³-hybridized carbons (Fsp3) is 0.250. The topological polar surface area (TPSA) is 46.5 Å². The van der Waals surface area contributed by atoms with Crippen LogP contribution >= 0.6 is 11.6 Å². The molecule has 1 aromatic carbocycles. The summed E-state index contributed by atoms with van der Waals surface area (Å²) in [6, 6.07) is 6.75. The molecule has 1 N–H and O–H groups in total. The Balaban J connectivity index is 2.61. The lowest BCUT2D eigenvalue weighted by atomic mass is 10.1. The van der Waals surface area contributed by atoms with E-state index in [1.807, 2.05) is 0 Å². The van der Waals surface area contributed by atoms with Crippen molar-refractivity contribution in [1.82, 2.24) is 0 Å². The molecule has 16 heavy (non-hydrogen) atoms. The van der Waals surface area contributed by atoms with E-state index in [1.165, 1.54) is 12.2 Å². The molecule has 3 nitrogen and oxygen atoms in total. The van der Waals surface area contributed by atoms with Crippen LogP contribution in [0.4, 0.5) is 0 Å². The van der Waals surface area contributed by atoms with Crippen molar-refractivity contribution in [3.63, 3.8) is 0 Å². The van der Waals surface area contributed by atoms with Crippen molar-refractivity contribution in [1.29, 1.82) is 0 Å². The quantitative estimate of drug-likeness (QED) is 0.650. The van der Waals surface area contributed by atoms with Gasteiger partial charge in [0.2, 0.25) is 0 Å². The second-order valence-corrected chi connectivity index (χ2v) is 3.54. The van der Waals surface area contributed by atoms with Crippen LogP contribution in [0.3, 0.4) is 0 Å². The highest BCUT2D eigenvalue weighted by molar-refractivity contribution is 6.30. The Hall–Kier alpha value is -1.32. The van der Waals surface area contributed by atoms with Crippen LogP contribution in [0.5, 0.6) is 0 Å². The minimum absolute atomic E-state index is 0.320. The Labute approximate surface area is 99.3 Å². The summed E-state index contributed by atoms with van der Waals surface area (Å²) in [7, 11) is 0. The molecule has 0 heterocycles. The highest BCUT2D eigenvalue weighted by Gasteiger charge is 2.04. The van der Waals surface area contributed by atoms with Crippen molar-refractivity contribution >= 4 is 17.6 Å². The number of hydrogen-bond donors (Lipinski definition) is 1. The number of aliphatic hydroxyl groups excluding tert-OH is 1. The van der Waals surface area contributed by atoms with Gasteiger partial charge in [-0.2, -0.15) is 0 Å². The molecule has 0 radical (unpaired) electrons. The Morgan fingerprint density at radius 2 is 2.12 bits per heavy atom. The molecule has 86 valence electrons. The zero-order valence-corrected chi connectivity index (χ0v) is 9.65. The van der Waals surface area contributed by atoms with Crippen LogP contribution in [-0.2, 0) is 9.53 Å². The standard InChI is InChI=1S/C12H13ClO3/c1-2-16-12(15)8-7-11(14)9-3-5-10(13)6-4-9/h3-8,11,14H,2H2,1H3/b8-7+/t11-/m1/s1. The predicted octanol–water partition coefficient (Wildman–Crippen LogP) is 2.49. The van der Waals surface area contributed by atoms with Gasteiger partial charge in [-0.05, 0) is 30.7 Å². The number of halogens is 1. The molecule has 0 spiro atoms. The molecule has 1 rings (SSSR count). The van der Waals surface area contributed by atoms with Crippen molar-refractivity contribution in [3.8, 4) is 0 Å². The summed E-state index contributed by atoms with van der Waals surface area (Å²) < 4.78 is 4.69. The van der Waals surface area contributed by atoms with Crippen LogP contribution < -0.4 is 0 Å². The van der Waals surface area contributed by atoms with Gasteiger partial charge in [0.1, 0.15) is 0 Å². The average molecular weight is 241 g/mol. The normalized spacial score (nSPS) is 12.7. The molecule has 1 aromatic rings. The molecule has 0 saturated carbocycles. The van der Waals surface area contributed by atoms with E-state index in [2.05, 4.69) is 4.74 Å². The number of benzene rings is 1. The fourth-order valence-corrected chi connectivity index (χ4v) is 1.26. The van der Waals surface area contributed by atoms with E-state index in [9.17, 15) is 9.90 Å². The minimum Gasteiger partial charge on any atom is -0.463 e. The molecule has 4 heteroatoms. The lowest BCUT2D eigenvalue weighted by molar-refractivity contribution is -0.137. The van der Waals surface area contributed by atoms with Crippen LogP contribution in [0.15, 0.2) is 36.4 Å². The molecule has 0 unspecified atom stereocenters. The second-order valence-electron chi connectivity index (χ2n) is 3.11. The van der Waals surface area contributed by atoms with Gasteiger partial charge >= 0.3 is 5.97 Å². The molecule has 0 aliphatic heterocycles. The zero-order chi connectivity index (χ0) is 12.0. The lowest BCUT2D eigenvalue weighted by Gasteiger charge is -2.05. The number of carbonyl (C=O) groups is 1. The van der Waals surface area contributed by atoms with Crippen LogP contribution in [0.2, 0.25) is 5.02 Å². The fourth-order valence-electron chi connectivity index (χ4n) is 1.13. The summed E-state index contributed by atoms with van der Waals surface area (Å²) in [5, 5.41) is 10.3. The van der Waals surface area contributed by atoms with Crippen LogP contribution in [0, 0.1) is 0 Å². The smallest absolute Gasteiger partial charge is 0.330 e. The first-order valence-corrected chi connectivity index (χ1v) is 5.29. The first kappa shape index (κ1) is 12.7. The third kappa shape index (κ3) is 4.04. The van der Waals surface area contributed by atoms with Gasteiger partial charge in [0.25, 0.3) is 0 Å². The first-order valence-electron chi connectivity index (χ1n) is 4.92. The van der Waals surface area contributed by atoms with Crippen molar-refractivity contribution in [2.75, 3.05) is 6.61 Å². The van der Waals surface area contributed by atoms with Gasteiger partial charge < -0.3 is 9.84 Å². The third-order valence-corrected chi connectivity index (χ3v) is 2.16. The highest BCUT2D eigenvalue weighted by atomic mass is 35.5.